The van der Waals surface area contributed by atoms with Gasteiger partial charge in [0, 0.05) is 18.7 Å². The molecule has 3 heterocycles. The van der Waals surface area contributed by atoms with Gasteiger partial charge in [0.2, 0.25) is 11.8 Å². The number of amides is 3. The van der Waals surface area contributed by atoms with Crippen molar-refractivity contribution in [1.29, 1.82) is 0 Å². The van der Waals surface area contributed by atoms with Gasteiger partial charge in [-0.05, 0) is 56.0 Å². The second kappa shape index (κ2) is 12.9. The standard InChI is InChI=1S/C34H41N3O7/c1-5-7-12-27(39)35-19-22(4)43-33(42)28-26-15-16-34(44-26)29(28)31(40)37(21(3)20-38)30(34)32(41)36(17-6-2)25-14-13-23-10-8-9-11-24(23)18-25/h5-6,8-11,13-14,18,21-22,26,28-30,38H,1-2,7,12,15-17,19-20H2,3-4H3,(H,35,39)/t21-,22+,26+,28-,29-,30+,34-/m1/s1. The summed E-state index contributed by atoms with van der Waals surface area (Å²) in [4.78, 5) is 57.4. The summed E-state index contributed by atoms with van der Waals surface area (Å²) >= 11 is 0. The SMILES string of the molecule is C=CCCC(=O)NC[C@H](C)OC(=O)[C@@H]1[C@@H]2CC[C@]3(O2)[C@H](C(=O)N(CC=C)c2ccc4ccccc4c2)N([C@H](C)CO)C(=O)[C@@H]13. The number of aliphatic hydroxyl groups is 1. The van der Waals surface area contributed by atoms with Crippen molar-refractivity contribution in [2.45, 2.75) is 69.4 Å². The van der Waals surface area contributed by atoms with E-state index in [1.807, 2.05) is 42.5 Å². The normalized spacial score (nSPS) is 26.6. The molecule has 3 aliphatic heterocycles. The van der Waals surface area contributed by atoms with Gasteiger partial charge in [0.15, 0.2) is 0 Å². The average molecular weight is 604 g/mol. The zero-order chi connectivity index (χ0) is 31.6. The van der Waals surface area contributed by atoms with Gasteiger partial charge in [-0.3, -0.25) is 19.2 Å². The van der Waals surface area contributed by atoms with Gasteiger partial charge in [0.1, 0.15) is 17.7 Å². The van der Waals surface area contributed by atoms with Gasteiger partial charge in [-0.1, -0.05) is 42.5 Å². The molecule has 3 amide bonds. The molecule has 3 fully saturated rings. The van der Waals surface area contributed by atoms with Crippen LogP contribution in [0, 0.1) is 11.8 Å². The van der Waals surface area contributed by atoms with E-state index in [2.05, 4.69) is 18.5 Å². The van der Waals surface area contributed by atoms with Crippen LogP contribution in [0.15, 0.2) is 67.8 Å². The third-order valence-corrected chi connectivity index (χ3v) is 9.09. The van der Waals surface area contributed by atoms with E-state index < -0.39 is 53.6 Å². The first-order valence-electron chi connectivity index (χ1n) is 15.3. The van der Waals surface area contributed by atoms with Crippen molar-refractivity contribution in [1.82, 2.24) is 10.2 Å². The Balaban J connectivity index is 1.43. The van der Waals surface area contributed by atoms with Crippen molar-refractivity contribution < 1.29 is 33.8 Å². The second-order valence-corrected chi connectivity index (χ2v) is 12.0. The van der Waals surface area contributed by atoms with Crippen LogP contribution in [0.1, 0.15) is 39.5 Å². The van der Waals surface area contributed by atoms with E-state index in [9.17, 15) is 24.3 Å². The van der Waals surface area contributed by atoms with Crippen LogP contribution in [0.3, 0.4) is 0 Å². The van der Waals surface area contributed by atoms with Gasteiger partial charge in [0.05, 0.1) is 37.1 Å². The number of allylic oxidation sites excluding steroid dienone is 1. The molecule has 0 unspecified atom stereocenters. The topological polar surface area (TPSA) is 125 Å². The molecule has 2 aromatic rings. The van der Waals surface area contributed by atoms with E-state index in [1.54, 1.807) is 30.9 Å². The lowest BCUT2D eigenvalue weighted by Gasteiger charge is -2.38. The molecule has 44 heavy (non-hydrogen) atoms. The number of carbonyl (C=O) groups excluding carboxylic acids is 4. The largest absolute Gasteiger partial charge is 0.460 e. The predicted molar refractivity (Wildman–Crippen MR) is 165 cm³/mol. The lowest BCUT2D eigenvalue weighted by molar-refractivity contribution is -0.159. The van der Waals surface area contributed by atoms with Crippen LogP contribution in [-0.4, -0.2) is 83.3 Å². The predicted octanol–water partition coefficient (Wildman–Crippen LogP) is 3.13. The van der Waals surface area contributed by atoms with Crippen LogP contribution in [0.5, 0.6) is 0 Å². The molecular weight excluding hydrogens is 562 g/mol. The summed E-state index contributed by atoms with van der Waals surface area (Å²) in [6.07, 6.45) is 3.80. The first-order chi connectivity index (χ1) is 21.2. The Labute approximate surface area is 257 Å². The third kappa shape index (κ3) is 5.52. The third-order valence-electron chi connectivity index (χ3n) is 9.09. The summed E-state index contributed by atoms with van der Waals surface area (Å²) in [5.74, 6) is -3.38. The van der Waals surface area contributed by atoms with E-state index in [1.165, 1.54) is 4.90 Å². The van der Waals surface area contributed by atoms with Crippen LogP contribution >= 0.6 is 0 Å². The maximum absolute atomic E-state index is 14.6. The fourth-order valence-electron chi connectivity index (χ4n) is 7.04. The minimum absolute atomic E-state index is 0.126. The fourth-order valence-corrected chi connectivity index (χ4v) is 7.04. The molecule has 234 valence electrons. The maximum atomic E-state index is 14.6. The monoisotopic (exact) mass is 603 g/mol. The van der Waals surface area contributed by atoms with Gasteiger partial charge >= 0.3 is 5.97 Å². The lowest BCUT2D eigenvalue weighted by Crippen LogP contribution is -2.58. The Morgan fingerprint density at radius 2 is 1.93 bits per heavy atom. The van der Waals surface area contributed by atoms with Crippen molar-refractivity contribution >= 4 is 40.2 Å². The highest BCUT2D eigenvalue weighted by Gasteiger charge is 2.75. The highest BCUT2D eigenvalue weighted by molar-refractivity contribution is 6.05. The van der Waals surface area contributed by atoms with Crippen molar-refractivity contribution in [2.75, 3.05) is 24.6 Å². The number of nitrogens with one attached hydrogen (secondary N) is 1. The molecular formula is C34H41N3O7. The molecule has 2 aromatic carbocycles. The minimum atomic E-state index is -1.25. The molecule has 7 atom stereocenters. The van der Waals surface area contributed by atoms with Gasteiger partial charge < -0.3 is 29.7 Å². The Morgan fingerprint density at radius 1 is 1.18 bits per heavy atom. The van der Waals surface area contributed by atoms with Crippen molar-refractivity contribution in [3.8, 4) is 0 Å². The van der Waals surface area contributed by atoms with Gasteiger partial charge in [-0.2, -0.15) is 0 Å². The van der Waals surface area contributed by atoms with Crippen LogP contribution < -0.4 is 10.2 Å². The Kier molecular flexibility index (Phi) is 9.22. The van der Waals surface area contributed by atoms with Crippen molar-refractivity contribution in [2.24, 2.45) is 11.8 Å². The van der Waals surface area contributed by atoms with Gasteiger partial charge in [0.25, 0.3) is 5.91 Å². The van der Waals surface area contributed by atoms with Crippen LogP contribution in [0.4, 0.5) is 5.69 Å². The summed E-state index contributed by atoms with van der Waals surface area (Å²) < 4.78 is 12.2. The molecule has 10 heteroatoms. The van der Waals surface area contributed by atoms with Gasteiger partial charge in [-0.15, -0.1) is 13.2 Å². The number of likely N-dealkylation sites (tertiary alicyclic amines) is 1. The number of benzene rings is 2. The molecule has 0 aliphatic carbocycles. The highest BCUT2D eigenvalue weighted by Crippen LogP contribution is 2.59. The molecule has 5 rings (SSSR count). The minimum Gasteiger partial charge on any atom is -0.460 e. The molecule has 1 spiro atoms. The second-order valence-electron chi connectivity index (χ2n) is 12.0. The summed E-state index contributed by atoms with van der Waals surface area (Å²) in [5.41, 5.74) is -0.602. The van der Waals surface area contributed by atoms with E-state index in [-0.39, 0.29) is 37.9 Å². The number of rotatable bonds is 13. The Morgan fingerprint density at radius 3 is 2.64 bits per heavy atom. The number of nitrogens with zero attached hydrogens (tertiary/aromatic N) is 2. The number of hydrogen-bond donors (Lipinski definition) is 2. The molecule has 3 aliphatic rings. The van der Waals surface area contributed by atoms with Crippen LogP contribution in [0.25, 0.3) is 10.8 Å². The van der Waals surface area contributed by atoms with Crippen LogP contribution in [-0.2, 0) is 28.7 Å². The molecule has 2 bridgehead atoms. The lowest BCUT2D eigenvalue weighted by atomic mass is 9.70. The Bertz CT molecular complexity index is 1460. The number of anilines is 1. The highest BCUT2D eigenvalue weighted by atomic mass is 16.6. The number of hydrogen-bond acceptors (Lipinski definition) is 7. The van der Waals surface area contributed by atoms with E-state index in [4.69, 9.17) is 9.47 Å². The van der Waals surface area contributed by atoms with E-state index >= 15 is 0 Å². The zero-order valence-corrected chi connectivity index (χ0v) is 25.3. The first-order valence-corrected chi connectivity index (χ1v) is 15.3. The molecule has 2 N–H and O–H groups in total. The van der Waals surface area contributed by atoms with Gasteiger partial charge in [-0.25, -0.2) is 0 Å². The van der Waals surface area contributed by atoms with E-state index in [0.29, 0.717) is 24.9 Å². The molecule has 3 saturated heterocycles. The Hall–Kier alpha value is -4.02. The first kappa shape index (κ1) is 31.4. The molecule has 0 saturated carbocycles. The number of aliphatic hydroxyl groups excluding tert-OH is 1. The van der Waals surface area contributed by atoms with E-state index in [0.717, 1.165) is 10.8 Å². The molecule has 10 nitrogen and oxygen atoms in total. The molecule has 0 radical (unpaired) electrons. The summed E-state index contributed by atoms with van der Waals surface area (Å²) in [6, 6.07) is 11.8. The zero-order valence-electron chi connectivity index (χ0n) is 25.3. The fraction of sp³-hybridized carbons (Fsp3) is 0.471. The van der Waals surface area contributed by atoms with Crippen molar-refractivity contribution in [3.63, 3.8) is 0 Å². The summed E-state index contributed by atoms with van der Waals surface area (Å²) in [6.45, 7) is 10.8. The number of esters is 1. The maximum Gasteiger partial charge on any atom is 0.312 e. The quantitative estimate of drug-likeness (QED) is 0.266. The number of ether oxygens (including phenoxy) is 2. The number of carbonyl (C=O) groups is 4. The average Bonchev–Trinajstić information content (AvgIpc) is 3.68. The van der Waals surface area contributed by atoms with Crippen molar-refractivity contribution in [3.05, 3.63) is 67.8 Å². The smallest absolute Gasteiger partial charge is 0.312 e. The summed E-state index contributed by atoms with van der Waals surface area (Å²) in [7, 11) is 0. The number of fused-ring (bicyclic) bond motifs is 2. The molecule has 0 aromatic heterocycles. The van der Waals surface area contributed by atoms with Crippen LogP contribution in [0.2, 0.25) is 0 Å². The summed E-state index contributed by atoms with van der Waals surface area (Å²) in [5, 5.41) is 14.9.